The smallest absolute Gasteiger partial charge is 0.229 e. The van der Waals surface area contributed by atoms with Crippen LogP contribution in [0.1, 0.15) is 77.0 Å². The van der Waals surface area contributed by atoms with Crippen molar-refractivity contribution in [1.82, 2.24) is 4.90 Å². The van der Waals surface area contributed by atoms with Crippen molar-refractivity contribution in [3.8, 4) is 0 Å². The first-order valence-electron chi connectivity index (χ1n) is 10.0. The number of fused-ring (bicyclic) bond motifs is 1. The number of piperidine rings is 1. The van der Waals surface area contributed by atoms with E-state index in [9.17, 15) is 4.79 Å². The SMILES string of the molecule is O=C(N1CCC[C@H]2CCCC[C@@H]21)C12CC3CC(CC(C3)C1)C2. The van der Waals surface area contributed by atoms with E-state index in [1.807, 2.05) is 0 Å². The summed E-state index contributed by atoms with van der Waals surface area (Å²) < 4.78 is 0. The molecule has 1 saturated heterocycles. The molecule has 6 fully saturated rings. The average Bonchev–Trinajstić information content (AvgIpc) is 2.52. The normalized spacial score (nSPS) is 50.0. The van der Waals surface area contributed by atoms with E-state index in [0.29, 0.717) is 11.9 Å². The molecule has 22 heavy (non-hydrogen) atoms. The summed E-state index contributed by atoms with van der Waals surface area (Å²) in [6.07, 6.45) is 16.1. The Balaban J connectivity index is 1.41. The second-order valence-electron chi connectivity index (χ2n) is 9.45. The molecule has 2 nitrogen and oxygen atoms in total. The van der Waals surface area contributed by atoms with Crippen LogP contribution in [0.5, 0.6) is 0 Å². The Morgan fingerprint density at radius 1 is 0.818 bits per heavy atom. The summed E-state index contributed by atoms with van der Waals surface area (Å²) in [6, 6.07) is 0.614. The predicted molar refractivity (Wildman–Crippen MR) is 87.3 cm³/mol. The van der Waals surface area contributed by atoms with Gasteiger partial charge in [0.2, 0.25) is 5.91 Å². The Labute approximate surface area is 135 Å². The number of hydrogen-bond donors (Lipinski definition) is 0. The van der Waals surface area contributed by atoms with Crippen molar-refractivity contribution in [3.63, 3.8) is 0 Å². The lowest BCUT2D eigenvalue weighted by Crippen LogP contribution is -2.59. The van der Waals surface area contributed by atoms with Crippen molar-refractivity contribution in [2.75, 3.05) is 6.54 Å². The number of carbonyl (C=O) groups is 1. The molecule has 0 aromatic rings. The number of amides is 1. The predicted octanol–water partition coefficient (Wildman–Crippen LogP) is 4.38. The van der Waals surface area contributed by atoms with Crippen molar-refractivity contribution in [1.29, 1.82) is 0 Å². The maximum Gasteiger partial charge on any atom is 0.229 e. The molecule has 0 radical (unpaired) electrons. The van der Waals surface area contributed by atoms with E-state index >= 15 is 0 Å². The van der Waals surface area contributed by atoms with Crippen molar-refractivity contribution < 1.29 is 4.79 Å². The number of nitrogens with zero attached hydrogens (tertiary/aromatic N) is 1. The number of likely N-dealkylation sites (tertiary alicyclic amines) is 1. The van der Waals surface area contributed by atoms with E-state index in [1.54, 1.807) is 0 Å². The quantitative estimate of drug-likeness (QED) is 0.703. The number of carbonyl (C=O) groups excluding carboxylic acids is 1. The van der Waals surface area contributed by atoms with Gasteiger partial charge in [0.25, 0.3) is 0 Å². The fourth-order valence-electron chi connectivity index (χ4n) is 7.55. The molecule has 2 atom stereocenters. The van der Waals surface area contributed by atoms with Gasteiger partial charge in [0.1, 0.15) is 0 Å². The van der Waals surface area contributed by atoms with Crippen LogP contribution in [0.15, 0.2) is 0 Å². The zero-order valence-corrected chi connectivity index (χ0v) is 13.9. The van der Waals surface area contributed by atoms with Crippen molar-refractivity contribution in [2.45, 2.75) is 83.1 Å². The van der Waals surface area contributed by atoms with Crippen LogP contribution in [0.25, 0.3) is 0 Å². The molecule has 0 aromatic carbocycles. The lowest BCUT2D eigenvalue weighted by molar-refractivity contribution is -0.164. The van der Waals surface area contributed by atoms with Crippen LogP contribution in [-0.2, 0) is 4.79 Å². The molecule has 1 amide bonds. The Bertz CT molecular complexity index is 433. The van der Waals surface area contributed by atoms with E-state index < -0.39 is 0 Å². The average molecular weight is 301 g/mol. The fraction of sp³-hybridized carbons (Fsp3) is 0.950. The number of hydrogen-bond acceptors (Lipinski definition) is 1. The van der Waals surface area contributed by atoms with E-state index in [0.717, 1.165) is 30.2 Å². The zero-order chi connectivity index (χ0) is 14.7. The second-order valence-corrected chi connectivity index (χ2v) is 9.45. The van der Waals surface area contributed by atoms with Crippen LogP contribution in [-0.4, -0.2) is 23.4 Å². The van der Waals surface area contributed by atoms with Gasteiger partial charge < -0.3 is 4.90 Å². The van der Waals surface area contributed by atoms with Gasteiger partial charge in [0.15, 0.2) is 0 Å². The van der Waals surface area contributed by atoms with Crippen molar-refractivity contribution in [3.05, 3.63) is 0 Å². The molecule has 4 bridgehead atoms. The third kappa shape index (κ3) is 2.01. The molecule has 0 unspecified atom stereocenters. The highest BCUT2D eigenvalue weighted by Gasteiger charge is 2.56. The maximum absolute atomic E-state index is 13.6. The van der Waals surface area contributed by atoms with Gasteiger partial charge in [-0.15, -0.1) is 0 Å². The first-order chi connectivity index (χ1) is 10.7. The van der Waals surface area contributed by atoms with E-state index in [2.05, 4.69) is 4.90 Å². The molecule has 122 valence electrons. The van der Waals surface area contributed by atoms with Gasteiger partial charge in [0.05, 0.1) is 5.41 Å². The van der Waals surface area contributed by atoms with Crippen LogP contribution in [0.3, 0.4) is 0 Å². The van der Waals surface area contributed by atoms with Crippen LogP contribution < -0.4 is 0 Å². The van der Waals surface area contributed by atoms with Gasteiger partial charge in [-0.1, -0.05) is 12.8 Å². The molecule has 6 aliphatic rings. The molecule has 0 aromatic heterocycles. The first kappa shape index (κ1) is 13.9. The van der Waals surface area contributed by atoms with Gasteiger partial charge in [-0.3, -0.25) is 4.79 Å². The van der Waals surface area contributed by atoms with Crippen molar-refractivity contribution >= 4 is 5.91 Å². The Morgan fingerprint density at radius 2 is 1.41 bits per heavy atom. The van der Waals surface area contributed by atoms with Gasteiger partial charge in [-0.25, -0.2) is 0 Å². The lowest BCUT2D eigenvalue weighted by atomic mass is 9.49. The molecular weight excluding hydrogens is 270 g/mol. The summed E-state index contributed by atoms with van der Waals surface area (Å²) in [5.41, 5.74) is 0.0914. The minimum atomic E-state index is 0.0914. The van der Waals surface area contributed by atoms with E-state index in [-0.39, 0.29) is 5.41 Å². The highest BCUT2D eigenvalue weighted by atomic mass is 16.2. The van der Waals surface area contributed by atoms with Gasteiger partial charge in [0, 0.05) is 12.6 Å². The summed E-state index contributed by atoms with van der Waals surface area (Å²) in [5, 5.41) is 0. The minimum Gasteiger partial charge on any atom is -0.339 e. The lowest BCUT2D eigenvalue weighted by Gasteiger charge is -2.58. The summed E-state index contributed by atoms with van der Waals surface area (Å²) in [6.45, 7) is 1.07. The van der Waals surface area contributed by atoms with Crippen LogP contribution >= 0.6 is 0 Å². The Morgan fingerprint density at radius 3 is 2.09 bits per heavy atom. The zero-order valence-electron chi connectivity index (χ0n) is 13.9. The fourth-order valence-corrected chi connectivity index (χ4v) is 7.55. The highest BCUT2D eigenvalue weighted by molar-refractivity contribution is 5.83. The summed E-state index contributed by atoms with van der Waals surface area (Å²) in [4.78, 5) is 16.0. The Kier molecular flexibility index (Phi) is 3.14. The monoisotopic (exact) mass is 301 g/mol. The molecule has 6 rings (SSSR count). The standard InChI is InChI=1S/C20H31NO/c22-19(21-7-3-5-17-4-1-2-6-18(17)21)20-11-14-8-15(12-20)10-16(9-14)13-20/h14-18H,1-13H2/t14?,15?,16?,17-,18+,20?/m1/s1. The molecule has 2 heteroatoms. The molecule has 0 spiro atoms. The largest absolute Gasteiger partial charge is 0.339 e. The summed E-state index contributed by atoms with van der Waals surface area (Å²) >= 11 is 0. The second kappa shape index (κ2) is 4.98. The summed E-state index contributed by atoms with van der Waals surface area (Å²) in [5.74, 6) is 4.12. The molecule has 0 N–H and O–H groups in total. The first-order valence-corrected chi connectivity index (χ1v) is 10.0. The van der Waals surface area contributed by atoms with Crippen molar-refractivity contribution in [2.24, 2.45) is 29.1 Å². The van der Waals surface area contributed by atoms with Gasteiger partial charge in [-0.05, 0) is 87.9 Å². The summed E-state index contributed by atoms with van der Waals surface area (Å²) in [7, 11) is 0. The third-order valence-electron chi connectivity index (χ3n) is 8.00. The topological polar surface area (TPSA) is 20.3 Å². The number of rotatable bonds is 1. The highest BCUT2D eigenvalue weighted by Crippen LogP contribution is 2.61. The van der Waals surface area contributed by atoms with Crippen LogP contribution in [0, 0.1) is 29.1 Å². The van der Waals surface area contributed by atoms with E-state index in [4.69, 9.17) is 0 Å². The van der Waals surface area contributed by atoms with Gasteiger partial charge >= 0.3 is 0 Å². The molecule has 1 heterocycles. The molecule has 1 aliphatic heterocycles. The molecule has 5 saturated carbocycles. The van der Waals surface area contributed by atoms with E-state index in [1.165, 1.54) is 77.0 Å². The molecule has 5 aliphatic carbocycles. The third-order valence-corrected chi connectivity index (χ3v) is 8.00. The molecular formula is C20H31NO. The van der Waals surface area contributed by atoms with Crippen LogP contribution in [0.4, 0.5) is 0 Å². The van der Waals surface area contributed by atoms with Crippen LogP contribution in [0.2, 0.25) is 0 Å². The minimum absolute atomic E-state index is 0.0914. The van der Waals surface area contributed by atoms with Gasteiger partial charge in [-0.2, -0.15) is 0 Å². The maximum atomic E-state index is 13.6. The Hall–Kier alpha value is -0.530.